The molecule has 0 radical (unpaired) electrons. The molecular weight excluding hydrogens is 321 g/mol. The zero-order valence-corrected chi connectivity index (χ0v) is 15.1. The van der Waals surface area contributed by atoms with Crippen LogP contribution in [-0.2, 0) is 11.8 Å². The van der Waals surface area contributed by atoms with Gasteiger partial charge in [-0.05, 0) is 45.7 Å². The summed E-state index contributed by atoms with van der Waals surface area (Å²) in [4.78, 5) is 14.8. The second kappa shape index (κ2) is 6.86. The predicted octanol–water partition coefficient (Wildman–Crippen LogP) is 3.31. The molecule has 1 saturated heterocycles. The fourth-order valence-electron chi connectivity index (χ4n) is 3.63. The van der Waals surface area contributed by atoms with Crippen LogP contribution in [0.5, 0.6) is 5.75 Å². The van der Waals surface area contributed by atoms with Crippen molar-refractivity contribution in [2.75, 3.05) is 6.54 Å². The fourth-order valence-corrected chi connectivity index (χ4v) is 3.63. The third-order valence-electron chi connectivity index (χ3n) is 4.89. The highest BCUT2D eigenvalue weighted by Gasteiger charge is 2.35. The Morgan fingerprint density at radius 1 is 1.40 bits per heavy atom. The SMILES string of the molecule is Cc1nn(C)c(C)c1[C@@H]1CCCN1C(=O)[C@H](C)Oc1cccc(F)c1. The van der Waals surface area contributed by atoms with Crippen LogP contribution in [0.2, 0.25) is 0 Å². The molecule has 1 aliphatic heterocycles. The van der Waals surface area contributed by atoms with Crippen LogP contribution in [0.25, 0.3) is 0 Å². The van der Waals surface area contributed by atoms with Crippen molar-refractivity contribution in [2.45, 2.75) is 45.8 Å². The van der Waals surface area contributed by atoms with E-state index in [1.165, 1.54) is 12.1 Å². The summed E-state index contributed by atoms with van der Waals surface area (Å²) in [7, 11) is 1.92. The van der Waals surface area contributed by atoms with Crippen molar-refractivity contribution in [3.05, 3.63) is 47.0 Å². The second-order valence-corrected chi connectivity index (χ2v) is 6.62. The largest absolute Gasteiger partial charge is 0.481 e. The van der Waals surface area contributed by atoms with E-state index >= 15 is 0 Å². The molecule has 2 atom stereocenters. The second-order valence-electron chi connectivity index (χ2n) is 6.62. The Balaban J connectivity index is 1.78. The van der Waals surface area contributed by atoms with Crippen molar-refractivity contribution in [1.29, 1.82) is 0 Å². The number of hydrogen-bond acceptors (Lipinski definition) is 3. The Labute approximate surface area is 147 Å². The summed E-state index contributed by atoms with van der Waals surface area (Å²) in [5.41, 5.74) is 3.18. The molecule has 0 unspecified atom stereocenters. The monoisotopic (exact) mass is 345 g/mol. The molecule has 1 amide bonds. The lowest BCUT2D eigenvalue weighted by molar-refractivity contribution is -0.139. The van der Waals surface area contributed by atoms with E-state index < -0.39 is 6.10 Å². The average molecular weight is 345 g/mol. The summed E-state index contributed by atoms with van der Waals surface area (Å²) in [6.45, 7) is 6.43. The molecule has 0 aliphatic carbocycles. The lowest BCUT2D eigenvalue weighted by atomic mass is 10.0. The predicted molar refractivity (Wildman–Crippen MR) is 92.9 cm³/mol. The first kappa shape index (κ1) is 17.5. The van der Waals surface area contributed by atoms with Gasteiger partial charge in [0.1, 0.15) is 11.6 Å². The van der Waals surface area contributed by atoms with Gasteiger partial charge in [0.25, 0.3) is 5.91 Å². The Morgan fingerprint density at radius 3 is 2.80 bits per heavy atom. The van der Waals surface area contributed by atoms with Crippen molar-refractivity contribution in [2.24, 2.45) is 7.05 Å². The number of halogens is 1. The minimum Gasteiger partial charge on any atom is -0.481 e. The molecule has 1 fully saturated rings. The van der Waals surface area contributed by atoms with Gasteiger partial charge in [-0.2, -0.15) is 5.10 Å². The van der Waals surface area contributed by atoms with Gasteiger partial charge in [0.05, 0.1) is 11.7 Å². The van der Waals surface area contributed by atoms with E-state index in [1.807, 2.05) is 30.5 Å². The number of likely N-dealkylation sites (tertiary alicyclic amines) is 1. The highest BCUT2D eigenvalue weighted by molar-refractivity contribution is 5.81. The molecule has 0 bridgehead atoms. The summed E-state index contributed by atoms with van der Waals surface area (Å²) in [5, 5.41) is 4.48. The molecular formula is C19H24FN3O2. The molecule has 0 N–H and O–H groups in total. The molecule has 134 valence electrons. The number of rotatable bonds is 4. The summed E-state index contributed by atoms with van der Waals surface area (Å²) >= 11 is 0. The van der Waals surface area contributed by atoms with Crippen LogP contribution in [0, 0.1) is 19.7 Å². The summed E-state index contributed by atoms with van der Waals surface area (Å²) < 4.78 is 20.8. The third kappa shape index (κ3) is 3.38. The zero-order valence-electron chi connectivity index (χ0n) is 15.1. The van der Waals surface area contributed by atoms with Gasteiger partial charge in [-0.15, -0.1) is 0 Å². The van der Waals surface area contributed by atoms with Gasteiger partial charge >= 0.3 is 0 Å². The summed E-state index contributed by atoms with van der Waals surface area (Å²) in [5.74, 6) is -0.0856. The molecule has 0 spiro atoms. The van der Waals surface area contributed by atoms with Gasteiger partial charge in [0.15, 0.2) is 6.10 Å². The Morgan fingerprint density at radius 2 is 2.16 bits per heavy atom. The number of aromatic nitrogens is 2. The number of amides is 1. The molecule has 2 heterocycles. The number of hydrogen-bond donors (Lipinski definition) is 0. The molecule has 2 aromatic rings. The zero-order chi connectivity index (χ0) is 18.1. The standard InChI is InChI=1S/C19H24FN3O2/c1-12-18(13(2)22(4)21-12)17-9-6-10-23(17)19(24)14(3)25-16-8-5-7-15(20)11-16/h5,7-8,11,14,17H,6,9-10H2,1-4H3/t14-,17-/m0/s1. The summed E-state index contributed by atoms with van der Waals surface area (Å²) in [6.07, 6.45) is 1.21. The van der Waals surface area contributed by atoms with E-state index in [-0.39, 0.29) is 17.8 Å². The van der Waals surface area contributed by atoms with Crippen molar-refractivity contribution < 1.29 is 13.9 Å². The lowest BCUT2D eigenvalue weighted by Gasteiger charge is -2.28. The minimum atomic E-state index is -0.667. The maximum Gasteiger partial charge on any atom is 0.263 e. The molecule has 1 aliphatic rings. The number of aryl methyl sites for hydroxylation is 2. The van der Waals surface area contributed by atoms with Crippen LogP contribution in [0.3, 0.4) is 0 Å². The van der Waals surface area contributed by atoms with Crippen molar-refractivity contribution in [3.63, 3.8) is 0 Å². The molecule has 0 saturated carbocycles. The number of ether oxygens (including phenoxy) is 1. The van der Waals surface area contributed by atoms with Crippen molar-refractivity contribution in [3.8, 4) is 5.75 Å². The highest BCUT2D eigenvalue weighted by atomic mass is 19.1. The van der Waals surface area contributed by atoms with Crippen molar-refractivity contribution >= 4 is 5.91 Å². The first-order valence-electron chi connectivity index (χ1n) is 8.61. The van der Waals surface area contributed by atoms with Gasteiger partial charge in [0, 0.05) is 30.9 Å². The van der Waals surface area contributed by atoms with Gasteiger partial charge < -0.3 is 9.64 Å². The van der Waals surface area contributed by atoms with Crippen LogP contribution >= 0.6 is 0 Å². The molecule has 1 aromatic carbocycles. The minimum absolute atomic E-state index is 0.0276. The van der Waals surface area contributed by atoms with Crippen LogP contribution in [0.1, 0.15) is 42.8 Å². The van der Waals surface area contributed by atoms with Gasteiger partial charge in [-0.25, -0.2) is 4.39 Å². The Hall–Kier alpha value is -2.37. The third-order valence-corrected chi connectivity index (χ3v) is 4.89. The number of carbonyl (C=O) groups excluding carboxylic acids is 1. The molecule has 3 rings (SSSR count). The Bertz CT molecular complexity index is 787. The number of carbonyl (C=O) groups is 1. The van der Waals surface area contributed by atoms with Gasteiger partial charge in [-0.1, -0.05) is 6.07 Å². The average Bonchev–Trinajstić information content (AvgIpc) is 3.11. The molecule has 5 nitrogen and oxygen atoms in total. The smallest absolute Gasteiger partial charge is 0.263 e. The van der Waals surface area contributed by atoms with Gasteiger partial charge in [0.2, 0.25) is 0 Å². The first-order valence-corrected chi connectivity index (χ1v) is 8.61. The first-order chi connectivity index (χ1) is 11.9. The van der Waals surface area contributed by atoms with E-state index in [1.54, 1.807) is 19.1 Å². The fraction of sp³-hybridized carbons (Fsp3) is 0.474. The van der Waals surface area contributed by atoms with E-state index in [0.717, 1.165) is 29.8 Å². The molecule has 6 heteroatoms. The maximum atomic E-state index is 13.3. The lowest BCUT2D eigenvalue weighted by Crippen LogP contribution is -2.40. The topological polar surface area (TPSA) is 47.4 Å². The van der Waals surface area contributed by atoms with E-state index in [2.05, 4.69) is 5.10 Å². The van der Waals surface area contributed by atoms with E-state index in [0.29, 0.717) is 12.3 Å². The van der Waals surface area contributed by atoms with Crippen molar-refractivity contribution in [1.82, 2.24) is 14.7 Å². The van der Waals surface area contributed by atoms with Crippen LogP contribution < -0.4 is 4.74 Å². The number of nitrogens with zero attached hydrogens (tertiary/aromatic N) is 3. The normalized spacial score (nSPS) is 18.4. The Kier molecular flexibility index (Phi) is 4.79. The molecule has 1 aromatic heterocycles. The van der Waals surface area contributed by atoms with Gasteiger partial charge in [-0.3, -0.25) is 9.48 Å². The quantitative estimate of drug-likeness (QED) is 0.854. The van der Waals surface area contributed by atoms with Crippen LogP contribution in [0.4, 0.5) is 4.39 Å². The van der Waals surface area contributed by atoms with Crippen LogP contribution in [-0.4, -0.2) is 33.2 Å². The number of benzene rings is 1. The van der Waals surface area contributed by atoms with E-state index in [9.17, 15) is 9.18 Å². The highest BCUT2D eigenvalue weighted by Crippen LogP contribution is 2.36. The van der Waals surface area contributed by atoms with Crippen LogP contribution in [0.15, 0.2) is 24.3 Å². The maximum absolute atomic E-state index is 13.3. The van der Waals surface area contributed by atoms with E-state index in [4.69, 9.17) is 4.74 Å². The molecule has 25 heavy (non-hydrogen) atoms. The summed E-state index contributed by atoms with van der Waals surface area (Å²) in [6, 6.07) is 5.90.